The molecule has 0 saturated heterocycles. The van der Waals surface area contributed by atoms with Gasteiger partial charge in [0.1, 0.15) is 0 Å². The minimum Gasteiger partial charge on any atom is -0.462 e. The van der Waals surface area contributed by atoms with Crippen LogP contribution < -0.4 is 0 Å². The van der Waals surface area contributed by atoms with Crippen molar-refractivity contribution in [1.82, 2.24) is 0 Å². The Bertz CT molecular complexity index is 330. The first kappa shape index (κ1) is 12.2. The molecule has 0 atom stereocenters. The largest absolute Gasteiger partial charge is 0.462 e. The molecule has 0 aliphatic heterocycles. The Balaban J connectivity index is 2.75. The second-order valence-corrected chi connectivity index (χ2v) is 3.02. The highest BCUT2D eigenvalue weighted by Crippen LogP contribution is 2.07. The zero-order chi connectivity index (χ0) is 12.0. The molecule has 0 aliphatic carbocycles. The van der Waals surface area contributed by atoms with Crippen LogP contribution in [0.1, 0.15) is 34.6 Å². The topological polar surface area (TPSA) is 52.6 Å². The molecule has 1 aromatic carbocycles. The van der Waals surface area contributed by atoms with Gasteiger partial charge >= 0.3 is 11.9 Å². The van der Waals surface area contributed by atoms with Crippen molar-refractivity contribution in [2.45, 2.75) is 13.8 Å². The van der Waals surface area contributed by atoms with Gasteiger partial charge in [0.2, 0.25) is 0 Å². The van der Waals surface area contributed by atoms with Crippen molar-refractivity contribution < 1.29 is 19.1 Å². The fourth-order valence-corrected chi connectivity index (χ4v) is 1.17. The summed E-state index contributed by atoms with van der Waals surface area (Å²) in [6.07, 6.45) is 0. The third kappa shape index (κ3) is 3.08. The second kappa shape index (κ2) is 5.90. The van der Waals surface area contributed by atoms with Crippen molar-refractivity contribution in [3.05, 3.63) is 35.4 Å². The Morgan fingerprint density at radius 2 is 1.19 bits per heavy atom. The lowest BCUT2D eigenvalue weighted by Gasteiger charge is -2.03. The van der Waals surface area contributed by atoms with E-state index in [0.717, 1.165) is 0 Å². The van der Waals surface area contributed by atoms with Gasteiger partial charge < -0.3 is 9.47 Å². The number of ether oxygens (including phenoxy) is 2. The fraction of sp³-hybridized carbons (Fsp3) is 0.333. The summed E-state index contributed by atoms with van der Waals surface area (Å²) in [4.78, 5) is 22.6. The molecule has 0 spiro atoms. The van der Waals surface area contributed by atoms with Gasteiger partial charge in [-0.3, -0.25) is 0 Å². The van der Waals surface area contributed by atoms with Gasteiger partial charge in [-0.25, -0.2) is 9.59 Å². The minimum atomic E-state index is -0.391. The second-order valence-electron chi connectivity index (χ2n) is 3.02. The van der Waals surface area contributed by atoms with Crippen LogP contribution in [0.2, 0.25) is 0 Å². The monoisotopic (exact) mass is 222 g/mol. The highest BCUT2D eigenvalue weighted by molar-refractivity contribution is 5.93. The summed E-state index contributed by atoms with van der Waals surface area (Å²) in [6.45, 7) is 4.15. The molecule has 0 aromatic heterocycles. The van der Waals surface area contributed by atoms with Crippen LogP contribution >= 0.6 is 0 Å². The standard InChI is InChI=1S/C12H14O4/c1-3-15-11(13)9-5-7-10(8-6-9)12(14)16-4-2/h5-8H,3-4H2,1-2H3. The lowest BCUT2D eigenvalue weighted by Crippen LogP contribution is -2.07. The summed E-state index contributed by atoms with van der Waals surface area (Å²) in [6, 6.07) is 6.18. The lowest BCUT2D eigenvalue weighted by molar-refractivity contribution is 0.0511. The average Bonchev–Trinajstić information content (AvgIpc) is 2.30. The van der Waals surface area contributed by atoms with Crippen molar-refractivity contribution in [3.8, 4) is 0 Å². The molecule has 0 radical (unpaired) electrons. The van der Waals surface area contributed by atoms with Gasteiger partial charge in [0, 0.05) is 0 Å². The zero-order valence-corrected chi connectivity index (χ0v) is 9.36. The molecule has 16 heavy (non-hydrogen) atoms. The molecule has 1 rings (SSSR count). The molecule has 0 bridgehead atoms. The predicted molar refractivity (Wildman–Crippen MR) is 58.4 cm³/mol. The van der Waals surface area contributed by atoms with Crippen LogP contribution in [0.3, 0.4) is 0 Å². The molecule has 1 aromatic rings. The van der Waals surface area contributed by atoms with E-state index in [9.17, 15) is 9.59 Å². The summed E-state index contributed by atoms with van der Waals surface area (Å²) >= 11 is 0. The first-order chi connectivity index (χ1) is 7.69. The van der Waals surface area contributed by atoms with Gasteiger partial charge in [0.05, 0.1) is 24.3 Å². The molecular formula is C12H14O4. The van der Waals surface area contributed by atoms with E-state index in [4.69, 9.17) is 9.47 Å². The molecule has 0 heterocycles. The van der Waals surface area contributed by atoms with E-state index in [-0.39, 0.29) is 0 Å². The predicted octanol–water partition coefficient (Wildman–Crippen LogP) is 2.04. The number of esters is 2. The van der Waals surface area contributed by atoms with Crippen molar-refractivity contribution in [1.29, 1.82) is 0 Å². The van der Waals surface area contributed by atoms with Gasteiger partial charge in [0.25, 0.3) is 0 Å². The van der Waals surface area contributed by atoms with Crippen LogP contribution in [-0.4, -0.2) is 25.2 Å². The van der Waals surface area contributed by atoms with Crippen LogP contribution in [-0.2, 0) is 9.47 Å². The molecular weight excluding hydrogens is 208 g/mol. The van der Waals surface area contributed by atoms with Gasteiger partial charge in [-0.1, -0.05) is 0 Å². The Labute approximate surface area is 94.2 Å². The molecule has 0 aliphatic rings. The summed E-state index contributed by atoms with van der Waals surface area (Å²) in [5.74, 6) is -0.782. The number of carbonyl (C=O) groups excluding carboxylic acids is 2. The molecule has 0 saturated carbocycles. The highest BCUT2D eigenvalue weighted by atomic mass is 16.5. The highest BCUT2D eigenvalue weighted by Gasteiger charge is 2.09. The molecule has 4 heteroatoms. The Kier molecular flexibility index (Phi) is 4.51. The molecule has 0 unspecified atom stereocenters. The maximum atomic E-state index is 11.3. The Morgan fingerprint density at radius 1 is 0.875 bits per heavy atom. The first-order valence-electron chi connectivity index (χ1n) is 5.13. The molecule has 86 valence electrons. The van der Waals surface area contributed by atoms with E-state index in [2.05, 4.69) is 0 Å². The van der Waals surface area contributed by atoms with E-state index >= 15 is 0 Å². The SMILES string of the molecule is CCOC(=O)c1ccc(C(=O)OCC)cc1. The number of rotatable bonds is 4. The van der Waals surface area contributed by atoms with Crippen molar-refractivity contribution >= 4 is 11.9 Å². The quantitative estimate of drug-likeness (QED) is 0.731. The van der Waals surface area contributed by atoms with Gasteiger partial charge in [-0.2, -0.15) is 0 Å². The van der Waals surface area contributed by atoms with Crippen LogP contribution in [0.4, 0.5) is 0 Å². The molecule has 0 N–H and O–H groups in total. The fourth-order valence-electron chi connectivity index (χ4n) is 1.17. The summed E-state index contributed by atoms with van der Waals surface area (Å²) < 4.78 is 9.64. The summed E-state index contributed by atoms with van der Waals surface area (Å²) in [5.41, 5.74) is 0.852. The van der Waals surface area contributed by atoms with E-state index < -0.39 is 11.9 Å². The average molecular weight is 222 g/mol. The third-order valence-corrected chi connectivity index (χ3v) is 1.91. The van der Waals surface area contributed by atoms with Gasteiger partial charge in [-0.05, 0) is 38.1 Å². The number of carbonyl (C=O) groups is 2. The minimum absolute atomic E-state index is 0.332. The van der Waals surface area contributed by atoms with Gasteiger partial charge in [-0.15, -0.1) is 0 Å². The first-order valence-corrected chi connectivity index (χ1v) is 5.13. The zero-order valence-electron chi connectivity index (χ0n) is 9.36. The third-order valence-electron chi connectivity index (χ3n) is 1.91. The van der Waals surface area contributed by atoms with Crippen LogP contribution in [0.15, 0.2) is 24.3 Å². The molecule has 0 amide bonds. The van der Waals surface area contributed by atoms with E-state index in [1.54, 1.807) is 38.1 Å². The van der Waals surface area contributed by atoms with Crippen molar-refractivity contribution in [2.24, 2.45) is 0 Å². The van der Waals surface area contributed by atoms with Gasteiger partial charge in [0.15, 0.2) is 0 Å². The number of hydrogen-bond donors (Lipinski definition) is 0. The van der Waals surface area contributed by atoms with Crippen LogP contribution in [0.25, 0.3) is 0 Å². The number of hydrogen-bond acceptors (Lipinski definition) is 4. The number of benzene rings is 1. The Hall–Kier alpha value is -1.84. The normalized spacial score (nSPS) is 9.62. The van der Waals surface area contributed by atoms with Crippen molar-refractivity contribution in [2.75, 3.05) is 13.2 Å². The van der Waals surface area contributed by atoms with E-state index in [1.807, 2.05) is 0 Å². The smallest absolute Gasteiger partial charge is 0.338 e. The summed E-state index contributed by atoms with van der Waals surface area (Å²) in [7, 11) is 0. The maximum Gasteiger partial charge on any atom is 0.338 e. The van der Waals surface area contributed by atoms with Crippen LogP contribution in [0, 0.1) is 0 Å². The van der Waals surface area contributed by atoms with Crippen molar-refractivity contribution in [3.63, 3.8) is 0 Å². The lowest BCUT2D eigenvalue weighted by atomic mass is 10.1. The molecule has 0 fully saturated rings. The van der Waals surface area contributed by atoms with Crippen LogP contribution in [0.5, 0.6) is 0 Å². The van der Waals surface area contributed by atoms with E-state index in [0.29, 0.717) is 24.3 Å². The summed E-state index contributed by atoms with van der Waals surface area (Å²) in [5, 5.41) is 0. The molecule has 4 nitrogen and oxygen atoms in total. The van der Waals surface area contributed by atoms with E-state index in [1.165, 1.54) is 0 Å². The maximum absolute atomic E-state index is 11.3. The Morgan fingerprint density at radius 3 is 1.44 bits per heavy atom.